The highest BCUT2D eigenvalue weighted by Crippen LogP contribution is 2.26. The number of nitrogens with one attached hydrogen (secondary N) is 2. The third-order valence-electron chi connectivity index (χ3n) is 5.74. The Balaban J connectivity index is 1.70. The van der Waals surface area contributed by atoms with Crippen LogP contribution in [0, 0.1) is 5.92 Å². The molecule has 0 aliphatic carbocycles. The van der Waals surface area contributed by atoms with Crippen LogP contribution in [0.15, 0.2) is 36.5 Å². The zero-order valence-electron chi connectivity index (χ0n) is 18.7. The Morgan fingerprint density at radius 2 is 1.88 bits per heavy atom. The molecule has 32 heavy (non-hydrogen) atoms. The maximum absolute atomic E-state index is 12.4. The number of carbonyl (C=O) groups excluding carboxylic acids is 1. The van der Waals surface area contributed by atoms with E-state index in [1.807, 2.05) is 35.2 Å². The molecule has 0 atom stereocenters. The number of unbranched alkanes of at least 4 members (excludes halogenated alkanes) is 3. The van der Waals surface area contributed by atoms with Crippen LogP contribution in [-0.4, -0.2) is 40.0 Å². The second-order valence-corrected chi connectivity index (χ2v) is 8.23. The highest BCUT2D eigenvalue weighted by atomic mass is 16.4. The van der Waals surface area contributed by atoms with Gasteiger partial charge in [0.25, 0.3) is 0 Å². The summed E-state index contributed by atoms with van der Waals surface area (Å²) in [6, 6.07) is 9.98. The van der Waals surface area contributed by atoms with Gasteiger partial charge in [0.1, 0.15) is 5.69 Å². The first kappa shape index (κ1) is 23.5. The molecule has 3 rings (SSSR count). The topological polar surface area (TPSA) is 107 Å². The number of hydrogen-bond donors (Lipinski definition) is 3. The lowest BCUT2D eigenvalue weighted by Gasteiger charge is -2.30. The van der Waals surface area contributed by atoms with Crippen LogP contribution in [0.3, 0.4) is 0 Å². The largest absolute Gasteiger partial charge is 0.481 e. The smallest absolute Gasteiger partial charge is 0.306 e. The number of aliphatic carboxylic acids is 1. The molecule has 0 bridgehead atoms. The van der Waals surface area contributed by atoms with Crippen molar-refractivity contribution in [2.45, 2.75) is 58.4 Å². The molecule has 0 radical (unpaired) electrons. The van der Waals surface area contributed by atoms with Crippen molar-refractivity contribution in [2.75, 3.05) is 28.6 Å². The number of benzene rings is 1. The number of nitrogens with zero attached hydrogens (tertiary/aromatic N) is 3. The van der Waals surface area contributed by atoms with Crippen LogP contribution in [0.5, 0.6) is 0 Å². The van der Waals surface area contributed by atoms with E-state index in [0.717, 1.165) is 31.2 Å². The number of hydrogen-bond acceptors (Lipinski definition) is 6. The second kappa shape index (κ2) is 12.0. The summed E-state index contributed by atoms with van der Waals surface area (Å²) in [4.78, 5) is 34.8. The molecule has 2 heterocycles. The summed E-state index contributed by atoms with van der Waals surface area (Å²) in [5.74, 6) is 0.0231. The lowest BCUT2D eigenvalue weighted by atomic mass is 9.97. The maximum Gasteiger partial charge on any atom is 0.306 e. The summed E-state index contributed by atoms with van der Waals surface area (Å²) in [6.07, 6.45) is 7.44. The van der Waals surface area contributed by atoms with Crippen molar-refractivity contribution in [2.24, 2.45) is 5.92 Å². The second-order valence-electron chi connectivity index (χ2n) is 8.23. The number of piperidine rings is 1. The third kappa shape index (κ3) is 6.93. The van der Waals surface area contributed by atoms with Gasteiger partial charge in [0.15, 0.2) is 5.82 Å². The third-order valence-corrected chi connectivity index (χ3v) is 5.74. The van der Waals surface area contributed by atoms with E-state index in [2.05, 4.69) is 27.5 Å². The molecule has 1 amide bonds. The van der Waals surface area contributed by atoms with E-state index in [1.165, 1.54) is 0 Å². The first-order valence-electron chi connectivity index (χ1n) is 11.5. The summed E-state index contributed by atoms with van der Waals surface area (Å²) in [5.41, 5.74) is 1.66. The Bertz CT molecular complexity index is 882. The molecule has 2 aromatic rings. The predicted molar refractivity (Wildman–Crippen MR) is 126 cm³/mol. The van der Waals surface area contributed by atoms with Gasteiger partial charge in [-0.1, -0.05) is 56.5 Å². The van der Waals surface area contributed by atoms with Crippen LogP contribution < -0.4 is 15.5 Å². The van der Waals surface area contributed by atoms with Crippen LogP contribution in [-0.2, 0) is 16.1 Å². The fourth-order valence-corrected chi connectivity index (χ4v) is 3.78. The lowest BCUT2D eigenvalue weighted by molar-refractivity contribution is -0.142. The van der Waals surface area contributed by atoms with Crippen LogP contribution in [0.1, 0.15) is 57.4 Å². The molecule has 0 spiro atoms. The molecule has 8 heteroatoms. The van der Waals surface area contributed by atoms with Gasteiger partial charge >= 0.3 is 5.97 Å². The van der Waals surface area contributed by atoms with Crippen molar-refractivity contribution < 1.29 is 14.7 Å². The van der Waals surface area contributed by atoms with Gasteiger partial charge in [-0.2, -0.15) is 4.98 Å². The van der Waals surface area contributed by atoms with Crippen LogP contribution >= 0.6 is 0 Å². The Kier molecular flexibility index (Phi) is 8.83. The molecule has 3 N–H and O–H groups in total. The number of carbonyl (C=O) groups is 2. The number of carboxylic acids is 1. The highest BCUT2D eigenvalue weighted by Gasteiger charge is 2.26. The highest BCUT2D eigenvalue weighted by molar-refractivity contribution is 5.93. The Labute approximate surface area is 189 Å². The summed E-state index contributed by atoms with van der Waals surface area (Å²) < 4.78 is 0. The number of anilines is 3. The van der Waals surface area contributed by atoms with Crippen LogP contribution in [0.25, 0.3) is 0 Å². The fourth-order valence-electron chi connectivity index (χ4n) is 3.78. The SMILES string of the molecule is CCCCCCC(=O)Nc1cnc(N2CCC(C(=O)O)CC2)nc1NCc1ccccc1. The van der Waals surface area contributed by atoms with Gasteiger partial charge in [-0.25, -0.2) is 4.98 Å². The normalized spacial score (nSPS) is 14.2. The van der Waals surface area contributed by atoms with E-state index in [4.69, 9.17) is 0 Å². The van der Waals surface area contributed by atoms with Gasteiger partial charge in [-0.3, -0.25) is 9.59 Å². The molecule has 8 nitrogen and oxygen atoms in total. The van der Waals surface area contributed by atoms with E-state index >= 15 is 0 Å². The predicted octanol–water partition coefficient (Wildman–Crippen LogP) is 4.30. The van der Waals surface area contributed by atoms with Crippen molar-refractivity contribution in [1.82, 2.24) is 9.97 Å². The van der Waals surface area contributed by atoms with Gasteiger partial charge in [0.05, 0.1) is 12.1 Å². The number of carboxylic acid groups (broad SMARTS) is 1. The van der Waals surface area contributed by atoms with Crippen LogP contribution in [0.4, 0.5) is 17.5 Å². The minimum Gasteiger partial charge on any atom is -0.481 e. The van der Waals surface area contributed by atoms with E-state index in [0.29, 0.717) is 56.4 Å². The molecule has 172 valence electrons. The number of amides is 1. The average Bonchev–Trinajstić information content (AvgIpc) is 2.82. The van der Waals surface area contributed by atoms with Crippen molar-refractivity contribution in [3.63, 3.8) is 0 Å². The Morgan fingerprint density at radius 3 is 2.56 bits per heavy atom. The summed E-state index contributed by atoms with van der Waals surface area (Å²) in [5, 5.41) is 15.5. The van der Waals surface area contributed by atoms with Gasteiger partial charge in [-0.05, 0) is 24.8 Å². The number of rotatable bonds is 11. The lowest BCUT2D eigenvalue weighted by Crippen LogP contribution is -2.37. The van der Waals surface area contributed by atoms with Gasteiger partial charge in [0.2, 0.25) is 11.9 Å². The average molecular weight is 440 g/mol. The minimum absolute atomic E-state index is 0.0394. The van der Waals surface area contributed by atoms with Crippen LogP contribution in [0.2, 0.25) is 0 Å². The van der Waals surface area contributed by atoms with Crippen molar-refractivity contribution in [3.8, 4) is 0 Å². The standard InChI is InChI=1S/C24H33N5O3/c1-2-3-4-8-11-21(30)27-20-17-26-24(29-14-12-19(13-15-29)23(31)32)28-22(20)25-16-18-9-6-5-7-10-18/h5-7,9-10,17,19H,2-4,8,11-16H2,1H3,(H,27,30)(H,31,32)(H,25,26,28). The van der Waals surface area contributed by atoms with Gasteiger partial charge < -0.3 is 20.6 Å². The van der Waals surface area contributed by atoms with Crippen molar-refractivity contribution in [3.05, 3.63) is 42.1 Å². The molecule has 1 aromatic carbocycles. The molecule has 1 fully saturated rings. The van der Waals surface area contributed by atoms with Gasteiger partial charge in [-0.15, -0.1) is 0 Å². The van der Waals surface area contributed by atoms with Crippen molar-refractivity contribution >= 4 is 29.3 Å². The number of aromatic nitrogens is 2. The Morgan fingerprint density at radius 1 is 1.12 bits per heavy atom. The zero-order chi connectivity index (χ0) is 22.8. The molecular formula is C24H33N5O3. The van der Waals surface area contributed by atoms with Gasteiger partial charge in [0, 0.05) is 26.1 Å². The molecule has 1 aliphatic rings. The molecule has 1 aliphatic heterocycles. The molecule has 0 saturated carbocycles. The molecule has 1 saturated heterocycles. The fraction of sp³-hybridized carbons (Fsp3) is 0.500. The van der Waals surface area contributed by atoms with E-state index < -0.39 is 5.97 Å². The first-order valence-corrected chi connectivity index (χ1v) is 11.5. The summed E-state index contributed by atoms with van der Waals surface area (Å²) in [7, 11) is 0. The monoisotopic (exact) mass is 439 g/mol. The first-order chi connectivity index (χ1) is 15.6. The Hall–Kier alpha value is -3.16. The van der Waals surface area contributed by atoms with Crippen molar-refractivity contribution in [1.29, 1.82) is 0 Å². The molecule has 1 aromatic heterocycles. The minimum atomic E-state index is -0.743. The molecule has 0 unspecified atom stereocenters. The quantitative estimate of drug-likeness (QED) is 0.448. The summed E-state index contributed by atoms with van der Waals surface area (Å²) in [6.45, 7) is 3.90. The maximum atomic E-state index is 12.4. The van der Waals surface area contributed by atoms with E-state index in [-0.39, 0.29) is 11.8 Å². The zero-order valence-corrected chi connectivity index (χ0v) is 18.7. The molecular weight excluding hydrogens is 406 g/mol. The van der Waals surface area contributed by atoms with E-state index in [1.54, 1.807) is 6.20 Å². The van der Waals surface area contributed by atoms with E-state index in [9.17, 15) is 14.7 Å². The summed E-state index contributed by atoms with van der Waals surface area (Å²) >= 11 is 0.